The number of nitrogens with one attached hydrogen (secondary N) is 1. The first-order chi connectivity index (χ1) is 15.9. The van der Waals surface area contributed by atoms with E-state index in [4.69, 9.17) is 23.8 Å². The van der Waals surface area contributed by atoms with Crippen LogP contribution in [0.5, 0.6) is 0 Å². The first kappa shape index (κ1) is 21.6. The number of aryl methyl sites for hydroxylation is 1. The van der Waals surface area contributed by atoms with Crippen molar-refractivity contribution >= 4 is 34.6 Å². The molecule has 4 nitrogen and oxygen atoms in total. The van der Waals surface area contributed by atoms with Gasteiger partial charge >= 0.3 is 0 Å². The number of nitrogens with zero attached hydrogens (tertiary/aromatic N) is 3. The van der Waals surface area contributed by atoms with E-state index in [0.29, 0.717) is 16.4 Å². The maximum Gasteiger partial charge on any atom is 0.174 e. The Morgan fingerprint density at radius 2 is 1.76 bits per heavy atom. The summed E-state index contributed by atoms with van der Waals surface area (Å²) >= 11 is 11.8. The van der Waals surface area contributed by atoms with Crippen LogP contribution in [0.3, 0.4) is 0 Å². The number of halogens is 3. The van der Waals surface area contributed by atoms with E-state index in [9.17, 15) is 8.78 Å². The van der Waals surface area contributed by atoms with Gasteiger partial charge in [0.15, 0.2) is 5.11 Å². The average molecular weight is 481 g/mol. The van der Waals surface area contributed by atoms with E-state index < -0.39 is 5.82 Å². The van der Waals surface area contributed by atoms with Crippen molar-refractivity contribution in [2.24, 2.45) is 0 Å². The molecule has 2 aromatic carbocycles. The summed E-state index contributed by atoms with van der Waals surface area (Å²) in [4.78, 5) is 6.52. The first-order valence-electron chi connectivity index (χ1n) is 10.3. The van der Waals surface area contributed by atoms with Crippen molar-refractivity contribution in [2.45, 2.75) is 19.0 Å². The Morgan fingerprint density at radius 1 is 0.970 bits per heavy atom. The van der Waals surface area contributed by atoms with Gasteiger partial charge < -0.3 is 14.8 Å². The lowest BCUT2D eigenvalue weighted by Crippen LogP contribution is -2.30. The fourth-order valence-electron chi connectivity index (χ4n) is 4.22. The SMILES string of the molecule is Cc1cc(N2C(=S)N[C@@H](c3ccccn3)[C@H]2c2cccn2-c2ccc(F)c(Cl)c2)ccc1F. The largest absolute Gasteiger partial charge is 0.351 e. The van der Waals surface area contributed by atoms with Crippen molar-refractivity contribution in [3.8, 4) is 5.69 Å². The molecule has 0 spiro atoms. The highest BCUT2D eigenvalue weighted by atomic mass is 35.5. The van der Waals surface area contributed by atoms with Crippen LogP contribution in [-0.4, -0.2) is 14.7 Å². The van der Waals surface area contributed by atoms with Crippen molar-refractivity contribution < 1.29 is 8.78 Å². The first-order valence-corrected chi connectivity index (χ1v) is 11.1. The van der Waals surface area contributed by atoms with Gasteiger partial charge in [-0.25, -0.2) is 8.78 Å². The Kier molecular flexibility index (Phi) is 5.60. The van der Waals surface area contributed by atoms with Crippen molar-refractivity contribution in [3.63, 3.8) is 0 Å². The summed E-state index contributed by atoms with van der Waals surface area (Å²) in [6, 6.07) is 18.6. The maximum atomic E-state index is 14.0. The predicted octanol–water partition coefficient (Wildman–Crippen LogP) is 6.29. The van der Waals surface area contributed by atoms with E-state index in [1.807, 2.05) is 46.0 Å². The molecule has 1 aliphatic heterocycles. The molecule has 166 valence electrons. The third-order valence-corrected chi connectivity index (χ3v) is 6.39. The number of hydrogen-bond donors (Lipinski definition) is 1. The lowest BCUT2D eigenvalue weighted by Gasteiger charge is -2.29. The maximum absolute atomic E-state index is 14.0. The second kappa shape index (κ2) is 8.57. The van der Waals surface area contributed by atoms with Crippen LogP contribution in [0.2, 0.25) is 5.02 Å². The third kappa shape index (κ3) is 3.87. The number of thiocarbonyl (C=S) groups is 1. The molecule has 1 saturated heterocycles. The zero-order chi connectivity index (χ0) is 23.1. The number of benzene rings is 2. The van der Waals surface area contributed by atoms with E-state index >= 15 is 0 Å². The third-order valence-electron chi connectivity index (χ3n) is 5.78. The number of aromatic nitrogens is 2. The van der Waals surface area contributed by atoms with E-state index in [1.54, 1.807) is 37.4 Å². The van der Waals surface area contributed by atoms with Gasteiger partial charge in [-0.3, -0.25) is 4.98 Å². The molecule has 1 N–H and O–H groups in total. The van der Waals surface area contributed by atoms with Gasteiger partial charge in [0.05, 0.1) is 16.8 Å². The van der Waals surface area contributed by atoms with Crippen LogP contribution in [-0.2, 0) is 0 Å². The fraction of sp³-hybridized carbons (Fsp3) is 0.120. The molecule has 8 heteroatoms. The van der Waals surface area contributed by atoms with Crippen molar-refractivity contribution in [1.29, 1.82) is 0 Å². The number of hydrogen-bond acceptors (Lipinski definition) is 2. The standard InChI is InChI=1S/C25H19ClF2N4S/c1-15-13-17(8-9-19(15)27)32-24(23(30-25(32)33)21-5-2-3-11-29-21)22-6-4-12-31(22)16-7-10-20(28)18(26)14-16/h2-14,23-24H,1H3,(H,30,33)/t23-,24+/m0/s1. The summed E-state index contributed by atoms with van der Waals surface area (Å²) in [7, 11) is 0. The highest BCUT2D eigenvalue weighted by Crippen LogP contribution is 2.42. The quantitative estimate of drug-likeness (QED) is 0.348. The molecule has 2 atom stereocenters. The van der Waals surface area contributed by atoms with Crippen molar-refractivity contribution in [3.05, 3.63) is 113 Å². The fourth-order valence-corrected chi connectivity index (χ4v) is 4.74. The van der Waals surface area contributed by atoms with Gasteiger partial charge in [-0.1, -0.05) is 17.7 Å². The van der Waals surface area contributed by atoms with Gasteiger partial charge in [0, 0.05) is 29.5 Å². The molecule has 33 heavy (non-hydrogen) atoms. The molecule has 0 bridgehead atoms. The van der Waals surface area contributed by atoms with Crippen LogP contribution in [0, 0.1) is 18.6 Å². The van der Waals surface area contributed by atoms with Gasteiger partial charge in [-0.15, -0.1) is 0 Å². The van der Waals surface area contributed by atoms with Crippen LogP contribution < -0.4 is 10.2 Å². The Bertz CT molecular complexity index is 1340. The molecule has 0 amide bonds. The summed E-state index contributed by atoms with van der Waals surface area (Å²) in [5.74, 6) is -0.758. The number of anilines is 1. The highest BCUT2D eigenvalue weighted by Gasteiger charge is 2.42. The number of rotatable bonds is 4. The summed E-state index contributed by atoms with van der Waals surface area (Å²) in [6.07, 6.45) is 3.63. The summed E-state index contributed by atoms with van der Waals surface area (Å²) in [5.41, 5.74) is 3.71. The van der Waals surface area contributed by atoms with Crippen LogP contribution in [0.25, 0.3) is 5.69 Å². The van der Waals surface area contributed by atoms with Crippen molar-refractivity contribution in [2.75, 3.05) is 4.90 Å². The van der Waals surface area contributed by atoms with E-state index in [2.05, 4.69) is 10.3 Å². The monoisotopic (exact) mass is 480 g/mol. The molecule has 4 aromatic rings. The van der Waals surface area contributed by atoms with Crippen molar-refractivity contribution in [1.82, 2.24) is 14.9 Å². The summed E-state index contributed by atoms with van der Waals surface area (Å²) < 4.78 is 29.8. The Hall–Kier alpha value is -3.29. The zero-order valence-electron chi connectivity index (χ0n) is 17.5. The minimum absolute atomic E-state index is 0.0412. The highest BCUT2D eigenvalue weighted by molar-refractivity contribution is 7.80. The summed E-state index contributed by atoms with van der Waals surface area (Å²) in [5, 5.41) is 3.94. The lowest BCUT2D eigenvalue weighted by atomic mass is 10.0. The summed E-state index contributed by atoms with van der Waals surface area (Å²) in [6.45, 7) is 1.72. The number of pyridine rings is 1. The normalized spacial score (nSPS) is 17.9. The molecular weight excluding hydrogens is 462 g/mol. The van der Waals surface area contributed by atoms with E-state index in [0.717, 1.165) is 17.1 Å². The van der Waals surface area contributed by atoms with Crippen LogP contribution in [0.15, 0.2) is 79.1 Å². The molecule has 0 radical (unpaired) electrons. The molecule has 5 rings (SSSR count). The Morgan fingerprint density at radius 3 is 2.48 bits per heavy atom. The molecule has 0 unspecified atom stereocenters. The van der Waals surface area contributed by atoms with E-state index in [1.165, 1.54) is 12.1 Å². The molecule has 0 aliphatic carbocycles. The lowest BCUT2D eigenvalue weighted by molar-refractivity contribution is 0.548. The second-order valence-corrected chi connectivity index (χ2v) is 8.63. The molecule has 0 saturated carbocycles. The molecule has 2 aromatic heterocycles. The predicted molar refractivity (Wildman–Crippen MR) is 130 cm³/mol. The zero-order valence-corrected chi connectivity index (χ0v) is 19.1. The van der Waals surface area contributed by atoms with E-state index in [-0.39, 0.29) is 22.9 Å². The van der Waals surface area contributed by atoms with Crippen LogP contribution in [0.4, 0.5) is 14.5 Å². The molecule has 1 aliphatic rings. The minimum Gasteiger partial charge on any atom is -0.351 e. The Balaban J connectivity index is 1.68. The topological polar surface area (TPSA) is 33.1 Å². The van der Waals surface area contributed by atoms with Gasteiger partial charge in [-0.2, -0.15) is 0 Å². The molecular formula is C25H19ClF2N4S. The van der Waals surface area contributed by atoms with Gasteiger partial charge in [0.2, 0.25) is 0 Å². The van der Waals surface area contributed by atoms with Crippen LogP contribution >= 0.6 is 23.8 Å². The smallest absolute Gasteiger partial charge is 0.174 e. The second-order valence-electron chi connectivity index (χ2n) is 7.83. The van der Waals surface area contributed by atoms with Gasteiger partial charge in [-0.05, 0) is 85.4 Å². The van der Waals surface area contributed by atoms with Crippen LogP contribution in [0.1, 0.15) is 29.0 Å². The van der Waals surface area contributed by atoms with Gasteiger partial charge in [0.1, 0.15) is 17.7 Å². The Labute approximate surface area is 200 Å². The molecule has 3 heterocycles. The average Bonchev–Trinajstić information content (AvgIpc) is 3.42. The van der Waals surface area contributed by atoms with Gasteiger partial charge in [0.25, 0.3) is 0 Å². The molecule has 1 fully saturated rings. The minimum atomic E-state index is -0.479.